The number of benzene rings is 1. The molecule has 0 aliphatic rings. The minimum absolute atomic E-state index is 0.0809. The van der Waals surface area contributed by atoms with Crippen molar-refractivity contribution in [3.8, 4) is 0 Å². The Morgan fingerprint density at radius 3 is 2.28 bits per heavy atom. The van der Waals surface area contributed by atoms with Crippen molar-refractivity contribution in [1.29, 1.82) is 0 Å². The van der Waals surface area contributed by atoms with E-state index < -0.39 is 33.4 Å². The highest BCUT2D eigenvalue weighted by Crippen LogP contribution is 2.14. The summed E-state index contributed by atoms with van der Waals surface area (Å²) in [6.45, 7) is 0. The van der Waals surface area contributed by atoms with Crippen molar-refractivity contribution < 1.29 is 27.1 Å². The number of nitrogens with one attached hydrogen (secondary N) is 1. The summed E-state index contributed by atoms with van der Waals surface area (Å²) in [6, 6.07) is 2.28. The number of rotatable bonds is 6. The Bertz CT molecular complexity index is 525. The van der Waals surface area contributed by atoms with E-state index in [4.69, 9.17) is 5.11 Å². The number of aliphatic carboxylic acids is 1. The average Bonchev–Trinajstić information content (AvgIpc) is 2.12. The van der Waals surface area contributed by atoms with E-state index in [1.54, 1.807) is 0 Å². The first-order valence-electron chi connectivity index (χ1n) is 4.97. The molecule has 8 heteroatoms. The third-order valence-corrected chi connectivity index (χ3v) is 3.31. The van der Waals surface area contributed by atoms with Gasteiger partial charge < -0.3 is 5.11 Å². The number of hydrogen-bond donors (Lipinski definition) is 2. The van der Waals surface area contributed by atoms with Gasteiger partial charge in [0.1, 0.15) is 11.6 Å². The lowest BCUT2D eigenvalue weighted by molar-refractivity contribution is -0.137. The van der Waals surface area contributed by atoms with Crippen LogP contribution >= 0.6 is 0 Å². The van der Waals surface area contributed by atoms with E-state index in [9.17, 15) is 22.0 Å². The Labute approximate surface area is 102 Å². The second kappa shape index (κ2) is 5.76. The van der Waals surface area contributed by atoms with E-state index in [0.717, 1.165) is 12.1 Å². The highest BCUT2D eigenvalue weighted by atomic mass is 32.2. The first-order valence-corrected chi connectivity index (χ1v) is 6.62. The molecule has 100 valence electrons. The third kappa shape index (κ3) is 5.09. The van der Waals surface area contributed by atoms with Crippen molar-refractivity contribution in [2.75, 3.05) is 10.5 Å². The van der Waals surface area contributed by atoms with Crippen LogP contribution < -0.4 is 4.72 Å². The maximum atomic E-state index is 12.8. The van der Waals surface area contributed by atoms with Gasteiger partial charge in [0.2, 0.25) is 10.0 Å². The largest absolute Gasteiger partial charge is 0.481 e. The molecule has 1 rings (SSSR count). The molecule has 0 aromatic heterocycles. The third-order valence-electron chi connectivity index (χ3n) is 1.94. The molecule has 0 aliphatic carbocycles. The number of sulfonamides is 1. The van der Waals surface area contributed by atoms with Crippen molar-refractivity contribution in [1.82, 2.24) is 0 Å². The number of anilines is 1. The molecule has 5 nitrogen and oxygen atoms in total. The fourth-order valence-corrected chi connectivity index (χ4v) is 2.36. The van der Waals surface area contributed by atoms with Crippen LogP contribution in [0, 0.1) is 11.6 Å². The summed E-state index contributed by atoms with van der Waals surface area (Å²) < 4.78 is 50.5. The molecule has 0 bridgehead atoms. The quantitative estimate of drug-likeness (QED) is 0.828. The van der Waals surface area contributed by atoms with E-state index in [0.29, 0.717) is 6.07 Å². The monoisotopic (exact) mass is 279 g/mol. The molecule has 0 unspecified atom stereocenters. The molecular weight excluding hydrogens is 268 g/mol. The van der Waals surface area contributed by atoms with Crippen LogP contribution in [0.2, 0.25) is 0 Å². The molecule has 0 heterocycles. The van der Waals surface area contributed by atoms with Crippen LogP contribution in [0.5, 0.6) is 0 Å². The zero-order valence-corrected chi connectivity index (χ0v) is 10.0. The Balaban J connectivity index is 2.67. The van der Waals surface area contributed by atoms with E-state index in [-0.39, 0.29) is 18.5 Å². The Kier molecular flexibility index (Phi) is 4.60. The Morgan fingerprint density at radius 2 is 1.78 bits per heavy atom. The molecule has 0 radical (unpaired) electrons. The average molecular weight is 279 g/mol. The minimum Gasteiger partial charge on any atom is -0.481 e. The van der Waals surface area contributed by atoms with Crippen molar-refractivity contribution in [3.63, 3.8) is 0 Å². The van der Waals surface area contributed by atoms with E-state index >= 15 is 0 Å². The molecule has 0 amide bonds. The minimum atomic E-state index is -3.81. The maximum absolute atomic E-state index is 12.8. The molecule has 18 heavy (non-hydrogen) atoms. The van der Waals surface area contributed by atoms with Crippen LogP contribution in [0.15, 0.2) is 18.2 Å². The van der Waals surface area contributed by atoms with Crippen LogP contribution in [0.25, 0.3) is 0 Å². The molecule has 1 aromatic carbocycles. The molecule has 1 aromatic rings. The van der Waals surface area contributed by atoms with Gasteiger partial charge in [0, 0.05) is 12.5 Å². The van der Waals surface area contributed by atoms with Gasteiger partial charge in [0.25, 0.3) is 0 Å². The first-order chi connectivity index (χ1) is 8.28. The van der Waals surface area contributed by atoms with Gasteiger partial charge in [-0.25, -0.2) is 17.2 Å². The second-order valence-electron chi connectivity index (χ2n) is 3.58. The number of carbonyl (C=O) groups is 1. The zero-order valence-electron chi connectivity index (χ0n) is 9.19. The van der Waals surface area contributed by atoms with Crippen molar-refractivity contribution in [3.05, 3.63) is 29.8 Å². The van der Waals surface area contributed by atoms with Crippen LogP contribution in [0.4, 0.5) is 14.5 Å². The lowest BCUT2D eigenvalue weighted by Gasteiger charge is -2.07. The van der Waals surface area contributed by atoms with E-state index in [1.807, 2.05) is 4.72 Å². The summed E-state index contributed by atoms with van der Waals surface area (Å²) in [4.78, 5) is 10.2. The van der Waals surface area contributed by atoms with Gasteiger partial charge in [0.15, 0.2) is 0 Å². The summed E-state index contributed by atoms with van der Waals surface area (Å²) in [5.74, 6) is -3.35. The predicted molar refractivity (Wildman–Crippen MR) is 60.6 cm³/mol. The summed E-state index contributed by atoms with van der Waals surface area (Å²) >= 11 is 0. The normalized spacial score (nSPS) is 11.2. The molecule has 0 aliphatic heterocycles. The highest BCUT2D eigenvalue weighted by Gasteiger charge is 2.12. The molecule has 0 saturated heterocycles. The van der Waals surface area contributed by atoms with Crippen molar-refractivity contribution in [2.24, 2.45) is 0 Å². The van der Waals surface area contributed by atoms with Crippen LogP contribution in [-0.4, -0.2) is 25.2 Å². The summed E-state index contributed by atoms with van der Waals surface area (Å²) in [5.41, 5.74) is -0.233. The van der Waals surface area contributed by atoms with Gasteiger partial charge in [-0.3, -0.25) is 9.52 Å². The van der Waals surface area contributed by atoms with E-state index in [2.05, 4.69) is 0 Å². The highest BCUT2D eigenvalue weighted by molar-refractivity contribution is 7.92. The van der Waals surface area contributed by atoms with Gasteiger partial charge in [-0.2, -0.15) is 0 Å². The lowest BCUT2D eigenvalue weighted by atomic mass is 10.3. The molecule has 0 saturated carbocycles. The van der Waals surface area contributed by atoms with Gasteiger partial charge in [-0.15, -0.1) is 0 Å². The fourth-order valence-electron chi connectivity index (χ4n) is 1.26. The van der Waals surface area contributed by atoms with Gasteiger partial charge in [-0.05, 0) is 18.6 Å². The lowest BCUT2D eigenvalue weighted by Crippen LogP contribution is -2.17. The molecule has 0 fully saturated rings. The Morgan fingerprint density at radius 1 is 1.22 bits per heavy atom. The van der Waals surface area contributed by atoms with Gasteiger partial charge in [-0.1, -0.05) is 0 Å². The van der Waals surface area contributed by atoms with Crippen LogP contribution in [0.3, 0.4) is 0 Å². The Hall–Kier alpha value is -1.70. The SMILES string of the molecule is O=C(O)CCCS(=O)(=O)Nc1cc(F)cc(F)c1. The molecule has 2 N–H and O–H groups in total. The first kappa shape index (κ1) is 14.4. The van der Waals surface area contributed by atoms with Crippen molar-refractivity contribution in [2.45, 2.75) is 12.8 Å². The fraction of sp³-hybridized carbons (Fsp3) is 0.300. The standard InChI is InChI=1S/C10H11F2NO4S/c11-7-4-8(12)6-9(5-7)13-18(16,17)3-1-2-10(14)15/h4-6,13H,1-3H2,(H,14,15). The predicted octanol–water partition coefficient (Wildman–Crippen LogP) is 1.57. The number of halogens is 2. The zero-order chi connectivity index (χ0) is 13.8. The smallest absolute Gasteiger partial charge is 0.303 e. The summed E-state index contributed by atoms with van der Waals surface area (Å²) in [7, 11) is -3.81. The molecule has 0 atom stereocenters. The van der Waals surface area contributed by atoms with Crippen LogP contribution in [0.1, 0.15) is 12.8 Å². The van der Waals surface area contributed by atoms with E-state index in [1.165, 1.54) is 0 Å². The maximum Gasteiger partial charge on any atom is 0.303 e. The van der Waals surface area contributed by atoms with Gasteiger partial charge in [0.05, 0.1) is 11.4 Å². The summed E-state index contributed by atoms with van der Waals surface area (Å²) in [5, 5.41) is 8.36. The van der Waals surface area contributed by atoms with Gasteiger partial charge >= 0.3 is 5.97 Å². The molecule has 0 spiro atoms. The van der Waals surface area contributed by atoms with Crippen LogP contribution in [-0.2, 0) is 14.8 Å². The number of carboxylic acids is 1. The number of carboxylic acid groups (broad SMARTS) is 1. The second-order valence-corrected chi connectivity index (χ2v) is 5.42. The van der Waals surface area contributed by atoms with Crippen molar-refractivity contribution >= 4 is 21.7 Å². The molecular formula is C10H11F2NO4S. The number of hydrogen-bond acceptors (Lipinski definition) is 3. The topological polar surface area (TPSA) is 83.5 Å². The summed E-state index contributed by atoms with van der Waals surface area (Å²) in [6.07, 6.45) is -0.374.